The lowest BCUT2D eigenvalue weighted by molar-refractivity contribution is -0.125. The lowest BCUT2D eigenvalue weighted by Gasteiger charge is -2.34. The predicted octanol–water partition coefficient (Wildman–Crippen LogP) is 5.55. The second-order valence-electron chi connectivity index (χ2n) is 10.2. The molecule has 3 aromatic rings. The minimum atomic E-state index is -0.484. The molecular formula is C27H33N5O. The zero-order chi connectivity index (χ0) is 23.2. The molecule has 172 valence electrons. The third-order valence-corrected chi connectivity index (χ3v) is 7.23. The van der Waals surface area contributed by atoms with E-state index in [1.165, 1.54) is 29.2 Å². The highest BCUT2D eigenvalue weighted by Crippen LogP contribution is 2.40. The summed E-state index contributed by atoms with van der Waals surface area (Å²) in [5.74, 6) is 1.57. The highest BCUT2D eigenvalue weighted by molar-refractivity contribution is 6.00. The quantitative estimate of drug-likeness (QED) is 0.572. The number of fused-ring (bicyclic) bond motifs is 2. The van der Waals surface area contributed by atoms with E-state index in [-0.39, 0.29) is 11.9 Å². The molecule has 0 spiro atoms. The fourth-order valence-corrected chi connectivity index (χ4v) is 5.43. The number of aromatic nitrogens is 2. The number of hydrogen-bond donors (Lipinski definition) is 1. The van der Waals surface area contributed by atoms with E-state index in [9.17, 15) is 4.79 Å². The van der Waals surface area contributed by atoms with E-state index in [2.05, 4.69) is 64.6 Å². The molecule has 1 amide bonds. The van der Waals surface area contributed by atoms with Gasteiger partial charge in [-0.15, -0.1) is 0 Å². The second kappa shape index (κ2) is 8.32. The summed E-state index contributed by atoms with van der Waals surface area (Å²) in [4.78, 5) is 26.9. The summed E-state index contributed by atoms with van der Waals surface area (Å²) in [5, 5.41) is 5.98. The zero-order valence-corrected chi connectivity index (χ0v) is 20.0. The zero-order valence-electron chi connectivity index (χ0n) is 20.0. The Morgan fingerprint density at radius 2 is 1.82 bits per heavy atom. The van der Waals surface area contributed by atoms with Crippen molar-refractivity contribution in [1.82, 2.24) is 9.97 Å². The molecule has 2 aromatic carbocycles. The molecule has 0 unspecified atom stereocenters. The summed E-state index contributed by atoms with van der Waals surface area (Å²) in [6.07, 6.45) is 6.56. The Hall–Kier alpha value is -3.15. The average Bonchev–Trinajstić information content (AvgIpc) is 3.34. The molecule has 2 heterocycles. The first-order valence-corrected chi connectivity index (χ1v) is 12.0. The van der Waals surface area contributed by atoms with Gasteiger partial charge in [-0.05, 0) is 49.9 Å². The van der Waals surface area contributed by atoms with Crippen molar-refractivity contribution in [1.29, 1.82) is 0 Å². The number of benzene rings is 2. The number of amides is 1. The molecule has 33 heavy (non-hydrogen) atoms. The Morgan fingerprint density at radius 3 is 2.61 bits per heavy atom. The van der Waals surface area contributed by atoms with Gasteiger partial charge in [0, 0.05) is 19.6 Å². The van der Waals surface area contributed by atoms with Crippen molar-refractivity contribution >= 4 is 34.1 Å². The molecule has 1 aliphatic heterocycles. The van der Waals surface area contributed by atoms with Gasteiger partial charge in [-0.25, -0.2) is 4.98 Å². The van der Waals surface area contributed by atoms with Crippen LogP contribution < -0.4 is 15.1 Å². The Bertz CT molecular complexity index is 1180. The van der Waals surface area contributed by atoms with Gasteiger partial charge in [0.25, 0.3) is 0 Å². The summed E-state index contributed by atoms with van der Waals surface area (Å²) >= 11 is 0. The Kier molecular flexibility index (Phi) is 5.47. The molecule has 6 heteroatoms. The molecule has 0 saturated heterocycles. The van der Waals surface area contributed by atoms with Gasteiger partial charge in [0.2, 0.25) is 11.9 Å². The minimum absolute atomic E-state index is 0.0376. The maximum Gasteiger partial charge on any atom is 0.234 e. The van der Waals surface area contributed by atoms with Crippen molar-refractivity contribution in [3.63, 3.8) is 0 Å². The minimum Gasteiger partial charge on any atom is -0.351 e. The van der Waals surface area contributed by atoms with Crippen LogP contribution in [0, 0.1) is 5.41 Å². The average molecular weight is 444 g/mol. The summed E-state index contributed by atoms with van der Waals surface area (Å²) in [6.45, 7) is 6.89. The third-order valence-electron chi connectivity index (χ3n) is 7.23. The largest absolute Gasteiger partial charge is 0.351 e. The van der Waals surface area contributed by atoms with Gasteiger partial charge >= 0.3 is 0 Å². The van der Waals surface area contributed by atoms with E-state index in [4.69, 9.17) is 4.98 Å². The van der Waals surface area contributed by atoms with Crippen LogP contribution in [-0.2, 0) is 4.79 Å². The van der Waals surface area contributed by atoms with Crippen LogP contribution in [0.15, 0.2) is 48.7 Å². The van der Waals surface area contributed by atoms with Crippen LogP contribution in [-0.4, -0.2) is 35.5 Å². The Labute approximate surface area is 196 Å². The van der Waals surface area contributed by atoms with Gasteiger partial charge in [0.05, 0.1) is 17.7 Å². The van der Waals surface area contributed by atoms with Crippen molar-refractivity contribution in [2.75, 3.05) is 28.7 Å². The fourth-order valence-electron chi connectivity index (χ4n) is 5.43. The van der Waals surface area contributed by atoms with Gasteiger partial charge < -0.3 is 15.1 Å². The van der Waals surface area contributed by atoms with Crippen LogP contribution in [0.1, 0.15) is 58.1 Å². The molecule has 5 rings (SSSR count). The van der Waals surface area contributed by atoms with Crippen LogP contribution in [0.5, 0.6) is 0 Å². The molecule has 1 fully saturated rings. The van der Waals surface area contributed by atoms with Crippen LogP contribution in [0.2, 0.25) is 0 Å². The SMILES string of the molecule is C[C@@H](Nc1ncc2c(n1)N(C1CCCC1)CC(C)(C)C(=O)N2C)c1cccc2ccccc12. The van der Waals surface area contributed by atoms with Crippen LogP contribution >= 0.6 is 0 Å². The first-order chi connectivity index (χ1) is 15.8. The number of carbonyl (C=O) groups excluding carboxylic acids is 1. The van der Waals surface area contributed by atoms with E-state index in [0.29, 0.717) is 18.5 Å². The molecule has 1 aromatic heterocycles. The second-order valence-corrected chi connectivity index (χ2v) is 10.2. The van der Waals surface area contributed by atoms with Crippen molar-refractivity contribution in [2.24, 2.45) is 5.41 Å². The highest BCUT2D eigenvalue weighted by Gasteiger charge is 2.41. The number of rotatable bonds is 4. The van der Waals surface area contributed by atoms with E-state index in [1.54, 1.807) is 4.90 Å². The van der Waals surface area contributed by atoms with Crippen molar-refractivity contribution < 1.29 is 4.79 Å². The molecule has 2 aliphatic rings. The highest BCUT2D eigenvalue weighted by atomic mass is 16.2. The number of carbonyl (C=O) groups is 1. The normalized spacial score (nSPS) is 19.5. The van der Waals surface area contributed by atoms with Gasteiger partial charge in [0.15, 0.2) is 5.82 Å². The molecule has 1 atom stereocenters. The summed E-state index contributed by atoms with van der Waals surface area (Å²) in [7, 11) is 1.84. The lowest BCUT2D eigenvalue weighted by Crippen LogP contribution is -2.45. The monoisotopic (exact) mass is 443 g/mol. The van der Waals surface area contributed by atoms with E-state index >= 15 is 0 Å². The summed E-state index contributed by atoms with van der Waals surface area (Å²) in [5.41, 5.74) is 1.52. The molecule has 0 bridgehead atoms. The number of anilines is 3. The first kappa shape index (κ1) is 21.7. The fraction of sp³-hybridized carbons (Fsp3) is 0.444. The van der Waals surface area contributed by atoms with E-state index in [0.717, 1.165) is 24.3 Å². The van der Waals surface area contributed by atoms with Crippen molar-refractivity contribution in [3.8, 4) is 0 Å². The number of nitrogens with one attached hydrogen (secondary N) is 1. The van der Waals surface area contributed by atoms with Crippen LogP contribution in [0.25, 0.3) is 10.8 Å². The molecule has 6 nitrogen and oxygen atoms in total. The molecule has 1 aliphatic carbocycles. The smallest absolute Gasteiger partial charge is 0.234 e. The maximum atomic E-state index is 13.2. The summed E-state index contributed by atoms with van der Waals surface area (Å²) < 4.78 is 0. The summed E-state index contributed by atoms with van der Waals surface area (Å²) in [6, 6.07) is 15.3. The topological polar surface area (TPSA) is 61.4 Å². The maximum absolute atomic E-state index is 13.2. The molecule has 0 radical (unpaired) electrons. The van der Waals surface area contributed by atoms with Crippen LogP contribution in [0.3, 0.4) is 0 Å². The lowest BCUT2D eigenvalue weighted by atomic mass is 9.91. The third kappa shape index (κ3) is 3.92. The van der Waals surface area contributed by atoms with Crippen molar-refractivity contribution in [2.45, 2.75) is 58.5 Å². The van der Waals surface area contributed by atoms with Crippen molar-refractivity contribution in [3.05, 3.63) is 54.2 Å². The Morgan fingerprint density at radius 1 is 1.09 bits per heavy atom. The standard InChI is InChI=1S/C27H33N5O/c1-18(21-15-9-11-19-10-5-8-14-22(19)21)29-26-28-16-23-24(30-26)32(20-12-6-7-13-20)17-27(2,3)25(33)31(23)4/h5,8-11,14-16,18,20H,6-7,12-13,17H2,1-4H3,(H,28,29,30)/t18-/m1/s1. The van der Waals surface area contributed by atoms with Gasteiger partial charge in [0.1, 0.15) is 5.69 Å². The Balaban J connectivity index is 1.52. The van der Waals surface area contributed by atoms with Crippen LogP contribution in [0.4, 0.5) is 17.5 Å². The van der Waals surface area contributed by atoms with E-state index < -0.39 is 5.41 Å². The molecular weight excluding hydrogens is 410 g/mol. The van der Waals surface area contributed by atoms with Gasteiger partial charge in [-0.2, -0.15) is 4.98 Å². The molecule has 1 N–H and O–H groups in total. The number of hydrogen-bond acceptors (Lipinski definition) is 5. The van der Waals surface area contributed by atoms with Gasteiger partial charge in [-0.3, -0.25) is 4.79 Å². The number of nitrogens with zero attached hydrogens (tertiary/aromatic N) is 4. The predicted molar refractivity (Wildman–Crippen MR) is 135 cm³/mol. The first-order valence-electron chi connectivity index (χ1n) is 12.0. The van der Waals surface area contributed by atoms with E-state index in [1.807, 2.05) is 27.1 Å². The molecule has 1 saturated carbocycles. The van der Waals surface area contributed by atoms with Gasteiger partial charge in [-0.1, -0.05) is 55.3 Å².